The van der Waals surface area contributed by atoms with Crippen LogP contribution in [0.2, 0.25) is 0 Å². The van der Waals surface area contributed by atoms with E-state index >= 15 is 0 Å². The van der Waals surface area contributed by atoms with Crippen LogP contribution in [0.5, 0.6) is 0 Å². The number of hydrogen-bond donors (Lipinski definition) is 1. The van der Waals surface area contributed by atoms with E-state index in [0.717, 1.165) is 39.1 Å². The quantitative estimate of drug-likeness (QED) is 0.199. The van der Waals surface area contributed by atoms with Crippen molar-refractivity contribution < 1.29 is 4.79 Å². The first-order valence-corrected chi connectivity index (χ1v) is 13.4. The van der Waals surface area contributed by atoms with Gasteiger partial charge in [-0.3, -0.25) is 9.78 Å². The Labute approximate surface area is 216 Å². The Bertz CT molecular complexity index is 1060. The minimum absolute atomic E-state index is 0.145. The summed E-state index contributed by atoms with van der Waals surface area (Å²) in [7, 11) is 0. The molecule has 182 valence electrons. The van der Waals surface area contributed by atoms with Crippen molar-refractivity contribution in [1.29, 1.82) is 0 Å². The number of aromatic nitrogens is 3. The molecule has 3 rings (SSSR count). The van der Waals surface area contributed by atoms with Crippen LogP contribution in [0, 0.1) is 12.8 Å². The zero-order valence-corrected chi connectivity index (χ0v) is 23.0. The van der Waals surface area contributed by atoms with Gasteiger partial charge in [0.15, 0.2) is 5.78 Å². The fourth-order valence-corrected chi connectivity index (χ4v) is 4.33. The molecule has 0 amide bonds. The molecule has 0 saturated carbocycles. The Morgan fingerprint density at radius 3 is 2.62 bits per heavy atom. The number of pyridine rings is 1. The average molecular weight is 544 g/mol. The van der Waals surface area contributed by atoms with Gasteiger partial charge in [0.2, 0.25) is 0 Å². The number of carbonyl (C=O) groups excluding carboxylic acids is 1. The number of nitrogens with zero attached hydrogens (tertiary/aromatic N) is 3. The van der Waals surface area contributed by atoms with Gasteiger partial charge >= 0.3 is 0 Å². The number of halogens is 1. The minimum Gasteiger partial charge on any atom is -0.366 e. The van der Waals surface area contributed by atoms with Gasteiger partial charge in [0.1, 0.15) is 5.82 Å². The predicted molar refractivity (Wildman–Crippen MR) is 147 cm³/mol. The number of hydrogen-bond acceptors (Lipinski definition) is 5. The molecule has 0 aromatic carbocycles. The summed E-state index contributed by atoms with van der Waals surface area (Å²) in [5.41, 5.74) is 4.16. The molecule has 0 saturated heterocycles. The largest absolute Gasteiger partial charge is 0.366 e. The van der Waals surface area contributed by atoms with Crippen molar-refractivity contribution in [3.8, 4) is 0 Å². The van der Waals surface area contributed by atoms with Crippen molar-refractivity contribution >= 4 is 38.9 Å². The topological polar surface area (TPSA) is 59.8 Å². The molecule has 3 aromatic rings. The van der Waals surface area contributed by atoms with Crippen LogP contribution in [0.4, 0.5) is 0 Å². The van der Waals surface area contributed by atoms with E-state index in [9.17, 15) is 4.79 Å². The molecule has 7 heteroatoms. The van der Waals surface area contributed by atoms with Crippen LogP contribution in [0.1, 0.15) is 68.1 Å². The fraction of sp³-hybridized carbons (Fsp3) is 0.370. The molecular weight excluding hydrogens is 508 g/mol. The number of Topliss-reactive ketones (excluding diaryl/α,β-unsaturated/α-hetero) is 1. The monoisotopic (exact) mass is 542 g/mol. The smallest absolute Gasteiger partial charge is 0.160 e. The molecule has 0 bridgehead atoms. The lowest BCUT2D eigenvalue weighted by Gasteiger charge is -2.18. The Kier molecular flexibility index (Phi) is 12.0. The van der Waals surface area contributed by atoms with E-state index in [4.69, 9.17) is 0 Å². The standard InChI is InChI=1S/C21H29BrN4.C6H6OS/c1-5-7-10-19(6-2)16(3)12-21(26-17(4)20(22)15-25-26)24-14-18-9-8-11-23-13-18;1-5(7)6-2-3-8-4-6/h8-9,11-13,15,19,24H,3,5-7,10,14H2,1-2,4H3;2-4H,1H3/b21-12-;. The molecule has 0 fully saturated rings. The van der Waals surface area contributed by atoms with Crippen LogP contribution in [0.15, 0.2) is 70.3 Å². The summed E-state index contributed by atoms with van der Waals surface area (Å²) in [6, 6.07) is 5.84. The Morgan fingerprint density at radius 2 is 2.12 bits per heavy atom. The maximum atomic E-state index is 10.5. The lowest BCUT2D eigenvalue weighted by Crippen LogP contribution is -2.19. The number of nitrogens with one attached hydrogen (secondary N) is 1. The zero-order valence-electron chi connectivity index (χ0n) is 20.6. The minimum atomic E-state index is 0.145. The van der Waals surface area contributed by atoms with E-state index in [1.165, 1.54) is 19.3 Å². The second kappa shape index (κ2) is 14.7. The number of unbranched alkanes of at least 4 members (excludes halogenated alkanes) is 1. The second-order valence-electron chi connectivity index (χ2n) is 8.12. The molecule has 3 heterocycles. The van der Waals surface area contributed by atoms with Gasteiger partial charge in [-0.05, 0) is 83.3 Å². The van der Waals surface area contributed by atoms with Crippen LogP contribution in [0.25, 0.3) is 5.82 Å². The summed E-state index contributed by atoms with van der Waals surface area (Å²) >= 11 is 5.10. The number of allylic oxidation sites excluding steroid dienone is 2. The Balaban J connectivity index is 0.000000430. The van der Waals surface area contributed by atoms with E-state index in [0.29, 0.717) is 12.5 Å². The zero-order chi connectivity index (χ0) is 24.9. The highest BCUT2D eigenvalue weighted by atomic mass is 79.9. The predicted octanol–water partition coefficient (Wildman–Crippen LogP) is 7.66. The van der Waals surface area contributed by atoms with Gasteiger partial charge in [0, 0.05) is 29.9 Å². The number of carbonyl (C=O) groups is 1. The van der Waals surface area contributed by atoms with Crippen molar-refractivity contribution in [3.63, 3.8) is 0 Å². The highest BCUT2D eigenvalue weighted by Gasteiger charge is 2.13. The molecule has 0 aliphatic rings. The molecule has 34 heavy (non-hydrogen) atoms. The van der Waals surface area contributed by atoms with Crippen molar-refractivity contribution in [1.82, 2.24) is 20.1 Å². The lowest BCUT2D eigenvalue weighted by molar-refractivity contribution is 0.101. The van der Waals surface area contributed by atoms with E-state index in [1.54, 1.807) is 24.5 Å². The summed E-state index contributed by atoms with van der Waals surface area (Å²) in [5, 5.41) is 11.8. The van der Waals surface area contributed by atoms with Crippen molar-refractivity contribution in [3.05, 3.63) is 87.1 Å². The van der Waals surface area contributed by atoms with E-state index < -0.39 is 0 Å². The first-order chi connectivity index (χ1) is 16.4. The van der Waals surface area contributed by atoms with E-state index in [-0.39, 0.29) is 5.78 Å². The molecule has 0 aliphatic carbocycles. The number of thiophene rings is 1. The van der Waals surface area contributed by atoms with Crippen molar-refractivity contribution in [2.45, 2.75) is 59.9 Å². The van der Waals surface area contributed by atoms with Gasteiger partial charge in [0.25, 0.3) is 0 Å². The Morgan fingerprint density at radius 1 is 1.32 bits per heavy atom. The number of ketones is 1. The molecular formula is C27H35BrN4OS. The lowest BCUT2D eigenvalue weighted by atomic mass is 9.92. The highest BCUT2D eigenvalue weighted by molar-refractivity contribution is 9.10. The maximum Gasteiger partial charge on any atom is 0.160 e. The van der Waals surface area contributed by atoms with Gasteiger partial charge in [-0.25, -0.2) is 4.68 Å². The van der Waals surface area contributed by atoms with Crippen molar-refractivity contribution in [2.75, 3.05) is 0 Å². The highest BCUT2D eigenvalue weighted by Crippen LogP contribution is 2.24. The summed E-state index contributed by atoms with van der Waals surface area (Å²) in [6.07, 6.45) is 12.4. The third kappa shape index (κ3) is 8.69. The van der Waals surface area contributed by atoms with Crippen LogP contribution >= 0.6 is 27.3 Å². The third-order valence-corrected chi connectivity index (χ3v) is 7.01. The van der Waals surface area contributed by atoms with Crippen LogP contribution < -0.4 is 5.32 Å². The van der Waals surface area contributed by atoms with Crippen molar-refractivity contribution in [2.24, 2.45) is 5.92 Å². The maximum absolute atomic E-state index is 10.5. The first-order valence-electron chi connectivity index (χ1n) is 11.6. The van der Waals surface area contributed by atoms with Gasteiger partial charge in [0.05, 0.1) is 16.4 Å². The van der Waals surface area contributed by atoms with Crippen LogP contribution in [0.3, 0.4) is 0 Å². The molecule has 0 aliphatic heterocycles. The summed E-state index contributed by atoms with van der Waals surface area (Å²) in [5.74, 6) is 1.59. The normalized spacial score (nSPS) is 12.0. The summed E-state index contributed by atoms with van der Waals surface area (Å²) in [6.45, 7) is 13.1. The third-order valence-electron chi connectivity index (χ3n) is 5.55. The van der Waals surface area contributed by atoms with Gasteiger partial charge in [-0.2, -0.15) is 16.4 Å². The molecule has 3 aromatic heterocycles. The van der Waals surface area contributed by atoms with Gasteiger partial charge in [-0.1, -0.05) is 39.3 Å². The molecule has 0 spiro atoms. The van der Waals surface area contributed by atoms with E-state index in [1.807, 2.05) is 46.9 Å². The Hall–Kier alpha value is -2.51. The SMILES string of the molecule is C=C(/C=C(/NCc1cccnc1)n1ncc(Br)c1C)C(CC)CCCC.CC(=O)c1ccsc1. The summed E-state index contributed by atoms with van der Waals surface area (Å²) in [4.78, 5) is 14.7. The molecule has 1 atom stereocenters. The average Bonchev–Trinajstić information content (AvgIpc) is 3.49. The molecule has 0 radical (unpaired) electrons. The van der Waals surface area contributed by atoms with Gasteiger partial charge < -0.3 is 5.32 Å². The first kappa shape index (κ1) is 27.7. The number of rotatable bonds is 11. The van der Waals surface area contributed by atoms with Crippen LogP contribution in [-0.2, 0) is 6.54 Å². The van der Waals surface area contributed by atoms with Crippen LogP contribution in [-0.4, -0.2) is 20.5 Å². The molecule has 5 nitrogen and oxygen atoms in total. The second-order valence-corrected chi connectivity index (χ2v) is 9.76. The molecule has 1 N–H and O–H groups in total. The fourth-order valence-electron chi connectivity index (χ4n) is 3.38. The molecule has 1 unspecified atom stereocenters. The van der Waals surface area contributed by atoms with E-state index in [2.05, 4.69) is 63.9 Å². The summed E-state index contributed by atoms with van der Waals surface area (Å²) < 4.78 is 2.92. The van der Waals surface area contributed by atoms with Gasteiger partial charge in [-0.15, -0.1) is 0 Å².